The van der Waals surface area contributed by atoms with Gasteiger partial charge in [0.25, 0.3) is 17.5 Å². The molecular weight excluding hydrogens is 394 g/mol. The van der Waals surface area contributed by atoms with E-state index in [0.717, 1.165) is 11.0 Å². The van der Waals surface area contributed by atoms with E-state index in [2.05, 4.69) is 0 Å². The van der Waals surface area contributed by atoms with Crippen molar-refractivity contribution in [2.24, 2.45) is 11.8 Å². The number of carbonyl (C=O) groups is 3. The molecule has 0 saturated heterocycles. The van der Waals surface area contributed by atoms with Gasteiger partial charge in [-0.2, -0.15) is 0 Å². The molecule has 2 amide bonds. The number of non-ortho nitro benzene ring substituents is 1. The standard InChI is InChI=1S/C20H27N3O7/c1-13(2)8-21(9-14(3)4)18(24)11-30-20(26)10-22-16-7-15(23(27)28)5-6-17(16)29-12-19(22)25/h5-7,13-14H,8-12H2,1-4H3. The van der Waals surface area contributed by atoms with Gasteiger partial charge in [0.2, 0.25) is 0 Å². The molecule has 1 aliphatic rings. The van der Waals surface area contributed by atoms with Gasteiger partial charge in [0, 0.05) is 25.2 Å². The lowest BCUT2D eigenvalue weighted by molar-refractivity contribution is -0.384. The molecule has 0 unspecified atom stereocenters. The second-order valence-electron chi connectivity index (χ2n) is 7.92. The minimum Gasteiger partial charge on any atom is -0.482 e. The zero-order valence-corrected chi connectivity index (χ0v) is 17.6. The van der Waals surface area contributed by atoms with Crippen molar-refractivity contribution in [1.29, 1.82) is 0 Å². The molecule has 164 valence electrons. The van der Waals surface area contributed by atoms with E-state index in [4.69, 9.17) is 9.47 Å². The summed E-state index contributed by atoms with van der Waals surface area (Å²) in [5, 5.41) is 11.0. The quantitative estimate of drug-likeness (QED) is 0.340. The van der Waals surface area contributed by atoms with Gasteiger partial charge in [0.15, 0.2) is 13.2 Å². The molecule has 0 radical (unpaired) electrons. The molecular formula is C20H27N3O7. The third-order valence-electron chi connectivity index (χ3n) is 4.26. The number of esters is 1. The Bertz CT molecular complexity index is 813. The van der Waals surface area contributed by atoms with E-state index in [-0.39, 0.29) is 41.5 Å². The van der Waals surface area contributed by atoms with Crippen molar-refractivity contribution < 1.29 is 28.8 Å². The average Bonchev–Trinajstić information content (AvgIpc) is 2.66. The number of amides is 2. The first-order valence-corrected chi connectivity index (χ1v) is 9.73. The Balaban J connectivity index is 2.04. The molecule has 0 bridgehead atoms. The lowest BCUT2D eigenvalue weighted by Crippen LogP contribution is -2.43. The fourth-order valence-corrected chi connectivity index (χ4v) is 3.05. The summed E-state index contributed by atoms with van der Waals surface area (Å²) >= 11 is 0. The van der Waals surface area contributed by atoms with E-state index in [1.54, 1.807) is 4.90 Å². The predicted octanol–water partition coefficient (Wildman–Crippen LogP) is 2.00. The summed E-state index contributed by atoms with van der Waals surface area (Å²) in [6, 6.07) is 3.79. The highest BCUT2D eigenvalue weighted by Gasteiger charge is 2.30. The van der Waals surface area contributed by atoms with Gasteiger partial charge in [0.05, 0.1) is 10.6 Å². The maximum atomic E-state index is 12.5. The molecule has 1 aromatic rings. The first kappa shape index (κ1) is 23.1. The number of nitro groups is 1. The summed E-state index contributed by atoms with van der Waals surface area (Å²) in [5.74, 6) is -0.847. The van der Waals surface area contributed by atoms with Gasteiger partial charge in [-0.25, -0.2) is 0 Å². The molecule has 0 fully saturated rings. The second-order valence-corrected chi connectivity index (χ2v) is 7.92. The molecule has 10 heteroatoms. The van der Waals surface area contributed by atoms with E-state index < -0.39 is 30.0 Å². The van der Waals surface area contributed by atoms with Crippen LogP contribution in [-0.2, 0) is 19.1 Å². The van der Waals surface area contributed by atoms with Crippen LogP contribution in [0, 0.1) is 22.0 Å². The average molecular weight is 421 g/mol. The number of rotatable bonds is 9. The number of nitrogens with zero attached hydrogens (tertiary/aromatic N) is 3. The maximum absolute atomic E-state index is 12.5. The van der Waals surface area contributed by atoms with Crippen molar-refractivity contribution in [2.45, 2.75) is 27.7 Å². The van der Waals surface area contributed by atoms with Crippen molar-refractivity contribution in [1.82, 2.24) is 4.90 Å². The van der Waals surface area contributed by atoms with Gasteiger partial charge in [0.1, 0.15) is 12.3 Å². The highest BCUT2D eigenvalue weighted by molar-refractivity contribution is 6.01. The summed E-state index contributed by atoms with van der Waals surface area (Å²) in [5.41, 5.74) is -0.122. The van der Waals surface area contributed by atoms with Crippen LogP contribution in [0.1, 0.15) is 27.7 Å². The maximum Gasteiger partial charge on any atom is 0.326 e. The van der Waals surface area contributed by atoms with E-state index in [9.17, 15) is 24.5 Å². The number of benzene rings is 1. The van der Waals surface area contributed by atoms with Crippen LogP contribution in [0.4, 0.5) is 11.4 Å². The van der Waals surface area contributed by atoms with Gasteiger partial charge in [-0.3, -0.25) is 29.4 Å². The summed E-state index contributed by atoms with van der Waals surface area (Å²) in [6.45, 7) is 7.87. The monoisotopic (exact) mass is 421 g/mol. The molecule has 0 aromatic heterocycles. The van der Waals surface area contributed by atoms with Crippen LogP contribution in [0.3, 0.4) is 0 Å². The van der Waals surface area contributed by atoms with E-state index in [1.165, 1.54) is 12.1 Å². The van der Waals surface area contributed by atoms with Crippen molar-refractivity contribution in [3.05, 3.63) is 28.3 Å². The summed E-state index contributed by atoms with van der Waals surface area (Å²) in [4.78, 5) is 50.1. The minimum atomic E-state index is -0.787. The first-order chi connectivity index (χ1) is 14.1. The van der Waals surface area contributed by atoms with Crippen molar-refractivity contribution in [2.75, 3.05) is 37.7 Å². The summed E-state index contributed by atoms with van der Waals surface area (Å²) in [7, 11) is 0. The number of nitro benzene ring substituents is 1. The Morgan fingerprint density at radius 3 is 2.43 bits per heavy atom. The fourth-order valence-electron chi connectivity index (χ4n) is 3.05. The van der Waals surface area contributed by atoms with Crippen molar-refractivity contribution in [3.8, 4) is 5.75 Å². The molecule has 1 aromatic carbocycles. The Kier molecular flexibility index (Phi) is 7.73. The number of hydrogen-bond donors (Lipinski definition) is 0. The number of fused-ring (bicyclic) bond motifs is 1. The van der Waals surface area contributed by atoms with Crippen molar-refractivity contribution >= 4 is 29.2 Å². The molecule has 1 heterocycles. The van der Waals surface area contributed by atoms with E-state index >= 15 is 0 Å². The van der Waals surface area contributed by atoms with Gasteiger partial charge < -0.3 is 14.4 Å². The molecule has 0 saturated carbocycles. The SMILES string of the molecule is CC(C)CN(CC(C)C)C(=O)COC(=O)CN1C(=O)COc2ccc([N+](=O)[O-])cc21. The van der Waals surface area contributed by atoms with E-state index in [0.29, 0.717) is 13.1 Å². The third kappa shape index (κ3) is 6.16. The Labute approximate surface area is 174 Å². The zero-order chi connectivity index (χ0) is 22.4. The first-order valence-electron chi connectivity index (χ1n) is 9.73. The topological polar surface area (TPSA) is 119 Å². The van der Waals surface area contributed by atoms with Crippen LogP contribution in [0.15, 0.2) is 18.2 Å². The lowest BCUT2D eigenvalue weighted by Gasteiger charge is -2.28. The van der Waals surface area contributed by atoms with Crippen LogP contribution < -0.4 is 9.64 Å². The van der Waals surface area contributed by atoms with Gasteiger partial charge in [-0.15, -0.1) is 0 Å². The van der Waals surface area contributed by atoms with Crippen LogP contribution in [0.5, 0.6) is 5.75 Å². The molecule has 30 heavy (non-hydrogen) atoms. The van der Waals surface area contributed by atoms with Gasteiger partial charge >= 0.3 is 5.97 Å². The minimum absolute atomic E-state index is 0.116. The number of anilines is 1. The van der Waals surface area contributed by atoms with Crippen LogP contribution in [0.25, 0.3) is 0 Å². The molecule has 10 nitrogen and oxygen atoms in total. The van der Waals surface area contributed by atoms with Gasteiger partial charge in [-0.1, -0.05) is 27.7 Å². The highest BCUT2D eigenvalue weighted by atomic mass is 16.6. The fraction of sp³-hybridized carbons (Fsp3) is 0.550. The summed E-state index contributed by atoms with van der Waals surface area (Å²) < 4.78 is 10.4. The van der Waals surface area contributed by atoms with Crippen LogP contribution in [-0.4, -0.2) is 60.5 Å². The third-order valence-corrected chi connectivity index (χ3v) is 4.26. The second kappa shape index (κ2) is 10.0. The highest BCUT2D eigenvalue weighted by Crippen LogP contribution is 2.35. The predicted molar refractivity (Wildman–Crippen MR) is 108 cm³/mol. The van der Waals surface area contributed by atoms with Gasteiger partial charge in [-0.05, 0) is 17.9 Å². The Hall–Kier alpha value is -3.17. The zero-order valence-electron chi connectivity index (χ0n) is 17.6. The van der Waals surface area contributed by atoms with E-state index in [1.807, 2.05) is 27.7 Å². The molecule has 0 N–H and O–H groups in total. The number of hydrogen-bond acceptors (Lipinski definition) is 7. The Morgan fingerprint density at radius 1 is 1.23 bits per heavy atom. The smallest absolute Gasteiger partial charge is 0.326 e. The molecule has 0 spiro atoms. The Morgan fingerprint density at radius 2 is 1.87 bits per heavy atom. The molecule has 0 atom stereocenters. The lowest BCUT2D eigenvalue weighted by atomic mass is 10.1. The number of carbonyl (C=O) groups excluding carboxylic acids is 3. The van der Waals surface area contributed by atoms with Crippen LogP contribution >= 0.6 is 0 Å². The van der Waals surface area contributed by atoms with Crippen LogP contribution in [0.2, 0.25) is 0 Å². The molecule has 2 rings (SSSR count). The summed E-state index contributed by atoms with van der Waals surface area (Å²) in [6.07, 6.45) is 0. The largest absolute Gasteiger partial charge is 0.482 e. The molecule has 0 aliphatic carbocycles. The molecule has 1 aliphatic heterocycles. The number of ether oxygens (including phenoxy) is 2. The van der Waals surface area contributed by atoms with Crippen molar-refractivity contribution in [3.63, 3.8) is 0 Å². The normalized spacial score (nSPS) is 13.1.